The Labute approximate surface area is 114 Å². The monoisotopic (exact) mass is 271 g/mol. The Hall–Kier alpha value is -0.220. The summed E-state index contributed by atoms with van der Waals surface area (Å²) in [6.45, 7) is 0.633. The second-order valence-corrected chi connectivity index (χ2v) is 6.73. The molecule has 0 aromatic rings. The normalized spacial score (nSPS) is 22.3. The van der Waals surface area contributed by atoms with Crippen LogP contribution in [-0.4, -0.2) is 46.6 Å². The zero-order chi connectivity index (χ0) is 12.8. The van der Waals surface area contributed by atoms with Gasteiger partial charge in [0, 0.05) is 19.0 Å². The van der Waals surface area contributed by atoms with Gasteiger partial charge in [0.05, 0.1) is 6.61 Å². The molecule has 104 valence electrons. The summed E-state index contributed by atoms with van der Waals surface area (Å²) in [6.07, 6.45) is 7.82. The van der Waals surface area contributed by atoms with E-state index in [2.05, 4.69) is 0 Å². The van der Waals surface area contributed by atoms with Crippen molar-refractivity contribution in [2.45, 2.75) is 51.0 Å². The molecule has 0 unspecified atom stereocenters. The van der Waals surface area contributed by atoms with E-state index in [1.165, 1.54) is 37.2 Å². The quantitative estimate of drug-likeness (QED) is 0.834. The molecule has 0 spiro atoms. The minimum atomic E-state index is 0.1000. The van der Waals surface area contributed by atoms with Crippen molar-refractivity contribution < 1.29 is 9.90 Å². The van der Waals surface area contributed by atoms with Gasteiger partial charge in [-0.3, -0.25) is 4.79 Å². The molecule has 2 aliphatic rings. The van der Waals surface area contributed by atoms with Crippen LogP contribution in [0.5, 0.6) is 0 Å². The number of hydrogen-bond acceptors (Lipinski definition) is 3. The Balaban J connectivity index is 1.85. The van der Waals surface area contributed by atoms with E-state index in [4.69, 9.17) is 5.11 Å². The van der Waals surface area contributed by atoms with E-state index in [0.717, 1.165) is 12.8 Å². The van der Waals surface area contributed by atoms with Gasteiger partial charge < -0.3 is 10.0 Å². The molecule has 18 heavy (non-hydrogen) atoms. The SMILES string of the molecule is O=C(CC1CCSCC1)N(CCO)C1CCCC1. The second kappa shape index (κ2) is 7.39. The topological polar surface area (TPSA) is 40.5 Å². The van der Waals surface area contributed by atoms with Gasteiger partial charge in [-0.05, 0) is 43.1 Å². The highest BCUT2D eigenvalue weighted by molar-refractivity contribution is 7.99. The highest BCUT2D eigenvalue weighted by Gasteiger charge is 2.28. The Morgan fingerprint density at radius 2 is 1.83 bits per heavy atom. The molecule has 1 saturated carbocycles. The van der Waals surface area contributed by atoms with Crippen LogP contribution >= 0.6 is 11.8 Å². The lowest BCUT2D eigenvalue weighted by atomic mass is 9.97. The molecule has 0 aromatic carbocycles. The standard InChI is InChI=1S/C14H25NO2S/c16-8-7-15(13-3-1-2-4-13)14(17)11-12-5-9-18-10-6-12/h12-13,16H,1-11H2. The Kier molecular flexibility index (Phi) is 5.83. The molecule has 1 saturated heterocycles. The summed E-state index contributed by atoms with van der Waals surface area (Å²) in [7, 11) is 0. The average Bonchev–Trinajstić information content (AvgIpc) is 2.90. The number of carbonyl (C=O) groups excluding carboxylic acids is 1. The number of hydrogen-bond donors (Lipinski definition) is 1. The van der Waals surface area contributed by atoms with Crippen molar-refractivity contribution in [3.05, 3.63) is 0 Å². The Morgan fingerprint density at radius 3 is 2.44 bits per heavy atom. The van der Waals surface area contributed by atoms with Crippen LogP contribution in [0.25, 0.3) is 0 Å². The summed E-state index contributed by atoms with van der Waals surface area (Å²) in [5.41, 5.74) is 0. The number of thioether (sulfide) groups is 1. The summed E-state index contributed by atoms with van der Waals surface area (Å²) >= 11 is 2.00. The molecule has 0 aromatic heterocycles. The summed E-state index contributed by atoms with van der Waals surface area (Å²) in [4.78, 5) is 14.4. The first-order chi connectivity index (χ1) is 8.81. The van der Waals surface area contributed by atoms with E-state index < -0.39 is 0 Å². The smallest absolute Gasteiger partial charge is 0.223 e. The van der Waals surface area contributed by atoms with E-state index in [9.17, 15) is 4.79 Å². The summed E-state index contributed by atoms with van der Waals surface area (Å²) in [6, 6.07) is 0.405. The van der Waals surface area contributed by atoms with Gasteiger partial charge in [-0.2, -0.15) is 11.8 Å². The molecule has 1 N–H and O–H groups in total. The maximum atomic E-state index is 12.4. The predicted molar refractivity (Wildman–Crippen MR) is 75.7 cm³/mol. The average molecular weight is 271 g/mol. The number of aliphatic hydroxyl groups is 1. The molecule has 1 aliphatic heterocycles. The molecule has 0 bridgehead atoms. The summed E-state index contributed by atoms with van der Waals surface area (Å²) in [5.74, 6) is 3.29. The Bertz CT molecular complexity index is 261. The molecule has 1 amide bonds. The highest BCUT2D eigenvalue weighted by atomic mass is 32.2. The van der Waals surface area contributed by atoms with Crippen LogP contribution < -0.4 is 0 Å². The molecule has 0 atom stereocenters. The molecule has 1 aliphatic carbocycles. The van der Waals surface area contributed by atoms with E-state index in [1.807, 2.05) is 16.7 Å². The van der Waals surface area contributed by atoms with Gasteiger partial charge in [0.15, 0.2) is 0 Å². The second-order valence-electron chi connectivity index (χ2n) is 5.51. The van der Waals surface area contributed by atoms with Crippen molar-refractivity contribution in [1.29, 1.82) is 0 Å². The lowest BCUT2D eigenvalue weighted by molar-refractivity contribution is -0.135. The lowest BCUT2D eigenvalue weighted by Gasteiger charge is -2.31. The van der Waals surface area contributed by atoms with Crippen LogP contribution in [0.1, 0.15) is 44.9 Å². The molecular formula is C14H25NO2S. The minimum absolute atomic E-state index is 0.1000. The third-order valence-corrected chi connectivity index (χ3v) is 5.28. The minimum Gasteiger partial charge on any atom is -0.395 e. The molecule has 0 radical (unpaired) electrons. The van der Waals surface area contributed by atoms with Crippen molar-refractivity contribution >= 4 is 17.7 Å². The number of amides is 1. The Morgan fingerprint density at radius 1 is 1.17 bits per heavy atom. The van der Waals surface area contributed by atoms with E-state index in [0.29, 0.717) is 24.9 Å². The number of carbonyl (C=O) groups is 1. The van der Waals surface area contributed by atoms with Crippen LogP contribution in [0.3, 0.4) is 0 Å². The first-order valence-corrected chi connectivity index (χ1v) is 8.45. The molecule has 3 nitrogen and oxygen atoms in total. The fourth-order valence-corrected chi connectivity index (χ4v) is 4.35. The highest BCUT2D eigenvalue weighted by Crippen LogP contribution is 2.28. The predicted octanol–water partition coefficient (Wildman–Crippen LogP) is 2.28. The summed E-state index contributed by atoms with van der Waals surface area (Å²) in [5, 5.41) is 9.15. The third kappa shape index (κ3) is 3.89. The lowest BCUT2D eigenvalue weighted by Crippen LogP contribution is -2.41. The number of nitrogens with zero attached hydrogens (tertiary/aromatic N) is 1. The zero-order valence-electron chi connectivity index (χ0n) is 11.1. The first-order valence-electron chi connectivity index (χ1n) is 7.29. The van der Waals surface area contributed by atoms with Gasteiger partial charge in [-0.1, -0.05) is 12.8 Å². The van der Waals surface area contributed by atoms with Gasteiger partial charge in [0.2, 0.25) is 5.91 Å². The molecule has 2 rings (SSSR count). The first kappa shape index (κ1) is 14.2. The third-order valence-electron chi connectivity index (χ3n) is 4.23. The largest absolute Gasteiger partial charge is 0.395 e. The van der Waals surface area contributed by atoms with Gasteiger partial charge in [0.25, 0.3) is 0 Å². The van der Waals surface area contributed by atoms with Crippen molar-refractivity contribution in [3.63, 3.8) is 0 Å². The van der Waals surface area contributed by atoms with Gasteiger partial charge >= 0.3 is 0 Å². The van der Waals surface area contributed by atoms with Crippen molar-refractivity contribution in [2.24, 2.45) is 5.92 Å². The van der Waals surface area contributed by atoms with Gasteiger partial charge in [-0.25, -0.2) is 0 Å². The molecule has 2 fully saturated rings. The van der Waals surface area contributed by atoms with Crippen LogP contribution in [-0.2, 0) is 4.79 Å². The van der Waals surface area contributed by atoms with Crippen molar-refractivity contribution in [2.75, 3.05) is 24.7 Å². The molecule has 4 heteroatoms. The molecule has 1 heterocycles. The van der Waals surface area contributed by atoms with E-state index in [-0.39, 0.29) is 12.5 Å². The maximum Gasteiger partial charge on any atom is 0.223 e. The number of rotatable bonds is 5. The van der Waals surface area contributed by atoms with Crippen LogP contribution in [0.2, 0.25) is 0 Å². The van der Waals surface area contributed by atoms with Crippen LogP contribution in [0.15, 0.2) is 0 Å². The number of aliphatic hydroxyl groups excluding tert-OH is 1. The van der Waals surface area contributed by atoms with Crippen molar-refractivity contribution in [3.8, 4) is 0 Å². The maximum absolute atomic E-state index is 12.4. The van der Waals surface area contributed by atoms with E-state index in [1.54, 1.807) is 0 Å². The zero-order valence-corrected chi connectivity index (χ0v) is 12.0. The van der Waals surface area contributed by atoms with Crippen LogP contribution in [0, 0.1) is 5.92 Å². The fraction of sp³-hybridized carbons (Fsp3) is 0.929. The van der Waals surface area contributed by atoms with E-state index >= 15 is 0 Å². The van der Waals surface area contributed by atoms with Gasteiger partial charge in [0.1, 0.15) is 0 Å². The van der Waals surface area contributed by atoms with Gasteiger partial charge in [-0.15, -0.1) is 0 Å². The fourth-order valence-electron chi connectivity index (χ4n) is 3.15. The molecular weight excluding hydrogens is 246 g/mol. The van der Waals surface area contributed by atoms with Crippen LogP contribution in [0.4, 0.5) is 0 Å². The summed E-state index contributed by atoms with van der Waals surface area (Å²) < 4.78 is 0. The van der Waals surface area contributed by atoms with Crippen molar-refractivity contribution in [1.82, 2.24) is 4.90 Å².